The molecule has 1 aromatic carbocycles. The predicted octanol–water partition coefficient (Wildman–Crippen LogP) is 2.67. The molecule has 1 heterocycles. The van der Waals surface area contributed by atoms with Crippen LogP contribution in [0.2, 0.25) is 10.2 Å². The molecule has 0 amide bonds. The summed E-state index contributed by atoms with van der Waals surface area (Å²) in [6.07, 6.45) is 1.24. The zero-order valence-corrected chi connectivity index (χ0v) is 11.9. The summed E-state index contributed by atoms with van der Waals surface area (Å²) in [5, 5.41) is -0.640. The number of aryl methyl sites for hydroxylation is 1. The molecule has 0 saturated carbocycles. The second kappa shape index (κ2) is 4.99. The Morgan fingerprint density at radius 2 is 2.05 bits per heavy atom. The van der Waals surface area contributed by atoms with E-state index in [1.807, 2.05) is 0 Å². The number of anilines is 1. The fourth-order valence-electron chi connectivity index (χ4n) is 1.35. The first-order chi connectivity index (χ1) is 8.83. The lowest BCUT2D eigenvalue weighted by Gasteiger charge is -2.08. The van der Waals surface area contributed by atoms with Gasteiger partial charge in [-0.1, -0.05) is 29.3 Å². The van der Waals surface area contributed by atoms with E-state index >= 15 is 0 Å². The summed E-state index contributed by atoms with van der Waals surface area (Å²) in [5.74, 6) is -0.861. The molecule has 9 heteroatoms. The number of imidazole rings is 1. The fraction of sp³-hybridized carbons (Fsp3) is 0.100. The van der Waals surface area contributed by atoms with Crippen molar-refractivity contribution in [3.63, 3.8) is 0 Å². The number of nitrogens with one attached hydrogen (secondary N) is 1. The molecule has 19 heavy (non-hydrogen) atoms. The van der Waals surface area contributed by atoms with Crippen LogP contribution in [-0.2, 0) is 17.1 Å². The molecule has 102 valence electrons. The van der Waals surface area contributed by atoms with Crippen LogP contribution in [0.25, 0.3) is 0 Å². The van der Waals surface area contributed by atoms with Gasteiger partial charge in [0.25, 0.3) is 10.0 Å². The third kappa shape index (κ3) is 2.68. The average molecular weight is 324 g/mol. The van der Waals surface area contributed by atoms with Crippen molar-refractivity contribution >= 4 is 38.9 Å². The second-order valence-corrected chi connectivity index (χ2v) is 6.02. The Bertz CT molecular complexity index is 730. The summed E-state index contributed by atoms with van der Waals surface area (Å²) in [6, 6.07) is 3.97. The van der Waals surface area contributed by atoms with Crippen LogP contribution in [-0.4, -0.2) is 18.0 Å². The molecule has 0 bridgehead atoms. The topological polar surface area (TPSA) is 64.0 Å². The monoisotopic (exact) mass is 323 g/mol. The number of sulfonamides is 1. The van der Waals surface area contributed by atoms with Crippen molar-refractivity contribution < 1.29 is 12.8 Å². The zero-order valence-electron chi connectivity index (χ0n) is 9.56. The zero-order chi connectivity index (χ0) is 14.2. The Kier molecular flexibility index (Phi) is 3.71. The third-order valence-electron chi connectivity index (χ3n) is 2.28. The maximum atomic E-state index is 13.6. The molecule has 0 aliphatic carbocycles. The molecular weight excluding hydrogens is 316 g/mol. The highest BCUT2D eigenvalue weighted by molar-refractivity contribution is 7.92. The van der Waals surface area contributed by atoms with Gasteiger partial charge in [-0.2, -0.15) is 8.42 Å². The Hall–Kier alpha value is -1.31. The van der Waals surface area contributed by atoms with E-state index < -0.39 is 15.8 Å². The number of nitrogens with zero attached hydrogens (tertiary/aromatic N) is 2. The molecule has 0 atom stereocenters. The molecule has 0 radical (unpaired) electrons. The van der Waals surface area contributed by atoms with E-state index in [1.54, 1.807) is 0 Å². The summed E-state index contributed by atoms with van der Waals surface area (Å²) < 4.78 is 41.0. The fourth-order valence-corrected chi connectivity index (χ4v) is 3.02. The van der Waals surface area contributed by atoms with Crippen molar-refractivity contribution in [2.24, 2.45) is 7.05 Å². The summed E-state index contributed by atoms with van der Waals surface area (Å²) >= 11 is 11.4. The highest BCUT2D eigenvalue weighted by Gasteiger charge is 2.23. The van der Waals surface area contributed by atoms with Crippen LogP contribution in [0, 0.1) is 5.82 Å². The van der Waals surface area contributed by atoms with Crippen LogP contribution in [0.5, 0.6) is 0 Å². The predicted molar refractivity (Wildman–Crippen MR) is 70.4 cm³/mol. The molecule has 2 aromatic rings. The van der Waals surface area contributed by atoms with Gasteiger partial charge < -0.3 is 4.57 Å². The molecule has 1 aromatic heterocycles. The maximum absolute atomic E-state index is 13.6. The van der Waals surface area contributed by atoms with Gasteiger partial charge in [0.15, 0.2) is 5.82 Å². The molecule has 2 rings (SSSR count). The van der Waals surface area contributed by atoms with Gasteiger partial charge in [0.2, 0.25) is 5.03 Å². The first-order valence-electron chi connectivity index (χ1n) is 4.96. The van der Waals surface area contributed by atoms with E-state index in [9.17, 15) is 12.8 Å². The van der Waals surface area contributed by atoms with Crippen LogP contribution < -0.4 is 4.72 Å². The van der Waals surface area contributed by atoms with Crippen molar-refractivity contribution in [1.82, 2.24) is 9.55 Å². The number of hydrogen-bond donors (Lipinski definition) is 1. The summed E-state index contributed by atoms with van der Waals surface area (Å²) in [4.78, 5) is 3.66. The van der Waals surface area contributed by atoms with E-state index in [0.717, 1.165) is 0 Å². The normalized spacial score (nSPS) is 11.6. The molecule has 1 N–H and O–H groups in total. The van der Waals surface area contributed by atoms with E-state index in [1.165, 1.54) is 36.1 Å². The highest BCUT2D eigenvalue weighted by Crippen LogP contribution is 2.26. The molecule has 0 fully saturated rings. The van der Waals surface area contributed by atoms with Crippen LogP contribution in [0.4, 0.5) is 10.1 Å². The van der Waals surface area contributed by atoms with Crippen molar-refractivity contribution in [2.75, 3.05) is 4.72 Å². The van der Waals surface area contributed by atoms with Gasteiger partial charge in [-0.15, -0.1) is 0 Å². The van der Waals surface area contributed by atoms with Crippen molar-refractivity contribution in [1.29, 1.82) is 0 Å². The number of halogens is 3. The van der Waals surface area contributed by atoms with Gasteiger partial charge in [0.1, 0.15) is 5.15 Å². The van der Waals surface area contributed by atoms with Crippen LogP contribution in [0.3, 0.4) is 0 Å². The van der Waals surface area contributed by atoms with E-state index in [0.29, 0.717) is 0 Å². The lowest BCUT2D eigenvalue weighted by atomic mass is 10.3. The minimum atomic E-state index is -4.07. The minimum absolute atomic E-state index is 0.0741. The number of rotatable bonds is 3. The third-order valence-corrected chi connectivity index (χ3v) is 4.43. The van der Waals surface area contributed by atoms with Gasteiger partial charge >= 0.3 is 0 Å². The molecule has 0 spiro atoms. The SMILES string of the molecule is Cn1cnc(S(=O)(=O)Nc2cccc(Cl)c2F)c1Cl. The molecule has 5 nitrogen and oxygen atoms in total. The smallest absolute Gasteiger partial charge is 0.282 e. The van der Waals surface area contributed by atoms with Crippen molar-refractivity contribution in [3.8, 4) is 0 Å². The molecule has 0 aliphatic rings. The standard InChI is InChI=1S/C10H8Cl2FN3O2S/c1-16-5-14-10(9(16)12)19(17,18)15-7-4-2-3-6(11)8(7)13/h2-5,15H,1H3. The van der Waals surface area contributed by atoms with Crippen LogP contribution >= 0.6 is 23.2 Å². The molecule has 0 saturated heterocycles. The van der Waals surface area contributed by atoms with Crippen molar-refractivity contribution in [3.05, 3.63) is 40.5 Å². The quantitative estimate of drug-likeness (QED) is 0.944. The lowest BCUT2D eigenvalue weighted by molar-refractivity contribution is 0.595. The highest BCUT2D eigenvalue weighted by atomic mass is 35.5. The van der Waals surface area contributed by atoms with Gasteiger partial charge in [-0.05, 0) is 12.1 Å². The Labute approximate surface area is 119 Å². The Morgan fingerprint density at radius 3 is 2.63 bits per heavy atom. The molecular formula is C10H8Cl2FN3O2S. The Balaban J connectivity index is 2.42. The van der Waals surface area contributed by atoms with Gasteiger partial charge in [0, 0.05) is 7.05 Å². The summed E-state index contributed by atoms with van der Waals surface area (Å²) in [5.41, 5.74) is -0.269. The van der Waals surface area contributed by atoms with Crippen LogP contribution in [0.1, 0.15) is 0 Å². The Morgan fingerprint density at radius 1 is 1.37 bits per heavy atom. The van der Waals surface area contributed by atoms with Gasteiger partial charge in [0.05, 0.1) is 17.0 Å². The first kappa shape index (κ1) is 14.1. The largest absolute Gasteiger partial charge is 0.324 e. The lowest BCUT2D eigenvalue weighted by Crippen LogP contribution is -2.15. The van der Waals surface area contributed by atoms with Crippen LogP contribution in [0.15, 0.2) is 29.6 Å². The van der Waals surface area contributed by atoms with E-state index in [4.69, 9.17) is 23.2 Å². The minimum Gasteiger partial charge on any atom is -0.324 e. The summed E-state index contributed by atoms with van der Waals surface area (Å²) in [6.45, 7) is 0. The maximum Gasteiger partial charge on any atom is 0.282 e. The molecule has 0 aliphatic heterocycles. The molecule has 0 unspecified atom stereocenters. The first-order valence-corrected chi connectivity index (χ1v) is 7.20. The number of hydrogen-bond acceptors (Lipinski definition) is 3. The van der Waals surface area contributed by atoms with E-state index in [2.05, 4.69) is 9.71 Å². The van der Waals surface area contributed by atoms with Gasteiger partial charge in [-0.25, -0.2) is 9.37 Å². The van der Waals surface area contributed by atoms with Gasteiger partial charge in [-0.3, -0.25) is 4.72 Å². The van der Waals surface area contributed by atoms with E-state index in [-0.39, 0.29) is 20.9 Å². The second-order valence-electron chi connectivity index (χ2n) is 3.66. The average Bonchev–Trinajstić information content (AvgIpc) is 2.66. The van der Waals surface area contributed by atoms with Crippen molar-refractivity contribution in [2.45, 2.75) is 5.03 Å². The summed E-state index contributed by atoms with van der Waals surface area (Å²) in [7, 11) is -2.54. The number of aromatic nitrogens is 2. The number of benzene rings is 1.